The quantitative estimate of drug-likeness (QED) is 0.458. The summed E-state index contributed by atoms with van der Waals surface area (Å²) in [5, 5.41) is 9.87. The van der Waals surface area contributed by atoms with Gasteiger partial charge in [-0.1, -0.05) is 16.8 Å². The van der Waals surface area contributed by atoms with Crippen molar-refractivity contribution in [2.24, 2.45) is 0 Å². The predicted octanol–water partition coefficient (Wildman–Crippen LogP) is 4.34. The molecule has 0 atom stereocenters. The Bertz CT molecular complexity index is 1320. The number of benzene rings is 1. The van der Waals surface area contributed by atoms with Gasteiger partial charge in [0.15, 0.2) is 0 Å². The minimum atomic E-state index is 0.575. The van der Waals surface area contributed by atoms with Crippen LogP contribution in [0.4, 0.5) is 5.95 Å². The summed E-state index contributed by atoms with van der Waals surface area (Å²) in [7, 11) is 0. The van der Waals surface area contributed by atoms with E-state index in [9.17, 15) is 0 Å². The minimum absolute atomic E-state index is 0.575. The molecular weight excluding hydrogens is 376 g/mol. The maximum atomic E-state index is 6.22. The van der Waals surface area contributed by atoms with Crippen LogP contribution >= 0.6 is 11.6 Å². The van der Waals surface area contributed by atoms with Crippen molar-refractivity contribution in [1.82, 2.24) is 24.5 Å². The highest BCUT2D eigenvalue weighted by molar-refractivity contribution is 6.31. The largest absolute Gasteiger partial charge is 0.361 e. The average Bonchev–Trinajstić information content (AvgIpc) is 3.30. The maximum absolute atomic E-state index is 6.22. The molecule has 0 amide bonds. The molecule has 0 saturated carbocycles. The molecule has 0 unspecified atom stereocenters. The number of rotatable bonds is 4. The van der Waals surface area contributed by atoms with E-state index < -0.39 is 0 Å². The van der Waals surface area contributed by atoms with E-state index in [1.807, 2.05) is 48.8 Å². The van der Waals surface area contributed by atoms with E-state index in [1.54, 1.807) is 6.20 Å². The highest BCUT2D eigenvalue weighted by Gasteiger charge is 2.13. The third kappa shape index (κ3) is 2.66. The van der Waals surface area contributed by atoms with Crippen molar-refractivity contribution in [3.8, 4) is 0 Å². The third-order valence-corrected chi connectivity index (χ3v) is 5.22. The highest BCUT2D eigenvalue weighted by atomic mass is 35.5. The summed E-state index contributed by atoms with van der Waals surface area (Å²) in [5.41, 5.74) is 4.66. The van der Waals surface area contributed by atoms with Crippen molar-refractivity contribution in [1.29, 1.82) is 0 Å². The number of halogens is 1. The molecule has 0 bridgehead atoms. The van der Waals surface area contributed by atoms with Crippen LogP contribution < -0.4 is 5.32 Å². The van der Waals surface area contributed by atoms with Crippen LogP contribution in [0.3, 0.4) is 0 Å². The Labute approximate surface area is 165 Å². The van der Waals surface area contributed by atoms with Gasteiger partial charge in [0, 0.05) is 41.1 Å². The van der Waals surface area contributed by atoms with Gasteiger partial charge < -0.3 is 9.84 Å². The Hall–Kier alpha value is -3.19. The Morgan fingerprint density at radius 2 is 2.07 bits per heavy atom. The topological polar surface area (TPSA) is 81.1 Å². The first-order valence-corrected chi connectivity index (χ1v) is 9.36. The first-order chi connectivity index (χ1) is 13.6. The van der Waals surface area contributed by atoms with E-state index in [0.717, 1.165) is 50.9 Å². The second-order valence-electron chi connectivity index (χ2n) is 6.72. The van der Waals surface area contributed by atoms with Crippen LogP contribution in [0, 0.1) is 13.8 Å². The zero-order valence-electron chi connectivity index (χ0n) is 15.4. The maximum Gasteiger partial charge on any atom is 0.223 e. The van der Waals surface area contributed by atoms with Crippen LogP contribution in [-0.4, -0.2) is 31.1 Å². The molecule has 0 saturated heterocycles. The number of imidazole rings is 1. The number of hydrogen-bond acceptors (Lipinski definition) is 6. The summed E-state index contributed by atoms with van der Waals surface area (Å²) in [6, 6.07) is 5.79. The van der Waals surface area contributed by atoms with Crippen LogP contribution in [0.25, 0.3) is 27.5 Å². The molecule has 140 valence electrons. The number of pyridine rings is 1. The van der Waals surface area contributed by atoms with Gasteiger partial charge in [-0.15, -0.1) is 0 Å². The SMILES string of the molecule is Cc1noc(C)c1CCNc1ncc2c(n1)c1ccc(Cl)cc1n1ccnc21. The summed E-state index contributed by atoms with van der Waals surface area (Å²) in [6.07, 6.45) is 6.29. The van der Waals surface area contributed by atoms with Crippen LogP contribution in [0.5, 0.6) is 0 Å². The van der Waals surface area contributed by atoms with Gasteiger partial charge in [0.25, 0.3) is 0 Å². The number of hydrogen-bond donors (Lipinski definition) is 1. The molecular formula is C20H17ClN6O. The number of aromatic nitrogens is 5. The zero-order chi connectivity index (χ0) is 19.3. The second-order valence-corrected chi connectivity index (χ2v) is 7.15. The summed E-state index contributed by atoms with van der Waals surface area (Å²) in [6.45, 7) is 4.56. The fourth-order valence-corrected chi connectivity index (χ4v) is 3.76. The lowest BCUT2D eigenvalue weighted by atomic mass is 10.1. The van der Waals surface area contributed by atoms with Crippen LogP contribution in [0.1, 0.15) is 17.0 Å². The Balaban J connectivity index is 1.55. The molecule has 0 aliphatic rings. The highest BCUT2D eigenvalue weighted by Crippen LogP contribution is 2.29. The predicted molar refractivity (Wildman–Crippen MR) is 109 cm³/mol. The number of aryl methyl sites for hydroxylation is 2. The molecule has 1 N–H and O–H groups in total. The van der Waals surface area contributed by atoms with Gasteiger partial charge in [0.2, 0.25) is 5.95 Å². The number of nitrogens with one attached hydrogen (secondary N) is 1. The monoisotopic (exact) mass is 392 g/mol. The van der Waals surface area contributed by atoms with Gasteiger partial charge in [-0.2, -0.15) is 0 Å². The van der Waals surface area contributed by atoms with E-state index in [4.69, 9.17) is 21.1 Å². The van der Waals surface area contributed by atoms with E-state index in [0.29, 0.717) is 17.5 Å². The number of anilines is 1. The molecule has 5 aromatic rings. The van der Waals surface area contributed by atoms with Crippen molar-refractivity contribution < 1.29 is 4.52 Å². The molecule has 5 rings (SSSR count). The van der Waals surface area contributed by atoms with Gasteiger partial charge in [0.05, 0.1) is 22.1 Å². The number of nitrogens with zero attached hydrogens (tertiary/aromatic N) is 5. The van der Waals surface area contributed by atoms with Crippen molar-refractivity contribution in [3.63, 3.8) is 0 Å². The molecule has 0 radical (unpaired) electrons. The fraction of sp³-hybridized carbons (Fsp3) is 0.200. The summed E-state index contributed by atoms with van der Waals surface area (Å²) >= 11 is 6.22. The molecule has 8 heteroatoms. The third-order valence-electron chi connectivity index (χ3n) is 4.98. The molecule has 0 fully saturated rings. The van der Waals surface area contributed by atoms with Gasteiger partial charge in [-0.25, -0.2) is 15.0 Å². The zero-order valence-corrected chi connectivity index (χ0v) is 16.2. The Kier molecular flexibility index (Phi) is 3.91. The molecule has 28 heavy (non-hydrogen) atoms. The fourth-order valence-electron chi connectivity index (χ4n) is 3.60. The normalized spacial score (nSPS) is 11.7. The standard InChI is InChI=1S/C20H17ClN6O/c1-11-14(12(2)28-26-11)5-6-23-20-24-10-16-18(25-20)15-4-3-13(21)9-17(15)27-8-7-22-19(16)27/h3-4,7-10H,5-6H2,1-2H3,(H,23,24,25). The first kappa shape index (κ1) is 16.9. The summed E-state index contributed by atoms with van der Waals surface area (Å²) < 4.78 is 7.23. The molecule has 7 nitrogen and oxygen atoms in total. The van der Waals surface area contributed by atoms with Crippen molar-refractivity contribution >= 4 is 45.0 Å². The van der Waals surface area contributed by atoms with Crippen LogP contribution in [0.15, 0.2) is 41.3 Å². The first-order valence-electron chi connectivity index (χ1n) is 8.98. The lowest BCUT2D eigenvalue weighted by Crippen LogP contribution is -2.09. The van der Waals surface area contributed by atoms with Gasteiger partial charge >= 0.3 is 0 Å². The Morgan fingerprint density at radius 3 is 2.89 bits per heavy atom. The lowest BCUT2D eigenvalue weighted by Gasteiger charge is -2.10. The minimum Gasteiger partial charge on any atom is -0.361 e. The van der Waals surface area contributed by atoms with E-state index in [2.05, 4.69) is 20.4 Å². The second kappa shape index (κ2) is 6.45. The molecule has 4 aromatic heterocycles. The molecule has 1 aromatic carbocycles. The van der Waals surface area contributed by atoms with E-state index >= 15 is 0 Å². The average molecular weight is 393 g/mol. The van der Waals surface area contributed by atoms with E-state index in [1.165, 1.54) is 0 Å². The number of fused-ring (bicyclic) bond motifs is 6. The van der Waals surface area contributed by atoms with Crippen molar-refractivity contribution in [3.05, 3.63) is 58.8 Å². The lowest BCUT2D eigenvalue weighted by molar-refractivity contribution is 0.392. The van der Waals surface area contributed by atoms with Gasteiger partial charge in [-0.05, 0) is 38.5 Å². The van der Waals surface area contributed by atoms with Crippen LogP contribution in [0.2, 0.25) is 5.02 Å². The Morgan fingerprint density at radius 1 is 1.18 bits per heavy atom. The smallest absolute Gasteiger partial charge is 0.223 e. The summed E-state index contributed by atoms with van der Waals surface area (Å²) in [5.74, 6) is 1.43. The molecule has 0 aliphatic heterocycles. The van der Waals surface area contributed by atoms with Crippen molar-refractivity contribution in [2.75, 3.05) is 11.9 Å². The summed E-state index contributed by atoms with van der Waals surface area (Å²) in [4.78, 5) is 13.7. The van der Waals surface area contributed by atoms with E-state index in [-0.39, 0.29) is 0 Å². The van der Waals surface area contributed by atoms with Gasteiger partial charge in [0.1, 0.15) is 11.4 Å². The molecule has 0 spiro atoms. The molecule has 0 aliphatic carbocycles. The molecule has 4 heterocycles. The van der Waals surface area contributed by atoms with Gasteiger partial charge in [-0.3, -0.25) is 4.40 Å². The van der Waals surface area contributed by atoms with Crippen molar-refractivity contribution in [2.45, 2.75) is 20.3 Å². The van der Waals surface area contributed by atoms with Crippen LogP contribution in [-0.2, 0) is 6.42 Å².